The van der Waals surface area contributed by atoms with Crippen LogP contribution in [0, 0.1) is 6.92 Å². The van der Waals surface area contributed by atoms with Crippen molar-refractivity contribution in [2.45, 2.75) is 13.3 Å². The lowest BCUT2D eigenvalue weighted by Gasteiger charge is -2.08. The maximum absolute atomic E-state index is 11.4. The third-order valence-corrected chi connectivity index (χ3v) is 3.19. The van der Waals surface area contributed by atoms with Gasteiger partial charge in [-0.2, -0.15) is 0 Å². The summed E-state index contributed by atoms with van der Waals surface area (Å²) in [7, 11) is 0. The van der Waals surface area contributed by atoms with Crippen molar-refractivity contribution in [1.29, 1.82) is 0 Å². The molecule has 0 fully saturated rings. The molecular formula is C15H13NO. The zero-order chi connectivity index (χ0) is 11.8. The van der Waals surface area contributed by atoms with E-state index in [1.807, 2.05) is 18.2 Å². The summed E-state index contributed by atoms with van der Waals surface area (Å²) in [6.07, 6.45) is 0.510. The highest BCUT2D eigenvalue weighted by molar-refractivity contribution is 6.00. The molecule has 3 rings (SSSR count). The Balaban J connectivity index is 2.13. The van der Waals surface area contributed by atoms with Crippen LogP contribution in [0.5, 0.6) is 0 Å². The Hall–Kier alpha value is -2.09. The molecule has 2 aromatic rings. The van der Waals surface area contributed by atoms with E-state index in [1.165, 1.54) is 11.1 Å². The average Bonchev–Trinajstić information content (AvgIpc) is 2.71. The summed E-state index contributed by atoms with van der Waals surface area (Å²) in [6, 6.07) is 14.4. The fourth-order valence-electron chi connectivity index (χ4n) is 2.32. The third-order valence-electron chi connectivity index (χ3n) is 3.19. The number of amides is 1. The Morgan fingerprint density at radius 3 is 2.59 bits per heavy atom. The second-order valence-corrected chi connectivity index (χ2v) is 4.41. The van der Waals surface area contributed by atoms with Crippen LogP contribution >= 0.6 is 0 Å². The fraction of sp³-hybridized carbons (Fsp3) is 0.133. The van der Waals surface area contributed by atoms with Gasteiger partial charge in [0.05, 0.1) is 6.42 Å². The number of carbonyl (C=O) groups excluding carboxylic acids is 1. The van der Waals surface area contributed by atoms with E-state index < -0.39 is 0 Å². The van der Waals surface area contributed by atoms with Crippen LogP contribution in [0.15, 0.2) is 42.5 Å². The third kappa shape index (κ3) is 1.72. The Labute approximate surface area is 100 Å². The van der Waals surface area contributed by atoms with Gasteiger partial charge in [-0.05, 0) is 35.2 Å². The second kappa shape index (κ2) is 3.74. The standard InChI is InChI=1S/C15H13NO/c1-10-7-12(11-5-3-2-4-6-11)8-14-13(10)9-15(17)16-14/h2-8H,9H2,1H3,(H,16,17). The van der Waals surface area contributed by atoms with Crippen molar-refractivity contribution in [3.05, 3.63) is 53.6 Å². The highest BCUT2D eigenvalue weighted by Crippen LogP contribution is 2.32. The molecule has 1 amide bonds. The molecule has 0 bridgehead atoms. The van der Waals surface area contributed by atoms with Crippen LogP contribution in [0.3, 0.4) is 0 Å². The van der Waals surface area contributed by atoms with Crippen LogP contribution in [0.4, 0.5) is 5.69 Å². The van der Waals surface area contributed by atoms with Crippen molar-refractivity contribution in [2.75, 3.05) is 5.32 Å². The summed E-state index contributed by atoms with van der Waals surface area (Å²) < 4.78 is 0. The van der Waals surface area contributed by atoms with Crippen molar-refractivity contribution in [3.63, 3.8) is 0 Å². The van der Waals surface area contributed by atoms with Crippen molar-refractivity contribution in [3.8, 4) is 11.1 Å². The summed E-state index contributed by atoms with van der Waals surface area (Å²) >= 11 is 0. The largest absolute Gasteiger partial charge is 0.326 e. The van der Waals surface area contributed by atoms with Crippen LogP contribution in [0.25, 0.3) is 11.1 Å². The van der Waals surface area contributed by atoms with Gasteiger partial charge in [-0.1, -0.05) is 36.4 Å². The van der Waals surface area contributed by atoms with Gasteiger partial charge in [-0.25, -0.2) is 0 Å². The minimum absolute atomic E-state index is 0.0910. The van der Waals surface area contributed by atoms with E-state index in [0.29, 0.717) is 6.42 Å². The topological polar surface area (TPSA) is 29.1 Å². The predicted octanol–water partition coefficient (Wildman–Crippen LogP) is 3.16. The lowest BCUT2D eigenvalue weighted by atomic mass is 9.98. The van der Waals surface area contributed by atoms with Crippen molar-refractivity contribution in [2.24, 2.45) is 0 Å². The molecule has 1 N–H and O–H groups in total. The molecule has 0 unspecified atom stereocenters. The molecule has 0 saturated heterocycles. The van der Waals surface area contributed by atoms with E-state index in [0.717, 1.165) is 16.8 Å². The monoisotopic (exact) mass is 223 g/mol. The Bertz CT molecular complexity index is 587. The quantitative estimate of drug-likeness (QED) is 0.790. The van der Waals surface area contributed by atoms with Gasteiger partial charge in [0, 0.05) is 5.69 Å². The van der Waals surface area contributed by atoms with Gasteiger partial charge in [0.15, 0.2) is 0 Å². The van der Waals surface area contributed by atoms with Crippen molar-refractivity contribution < 1.29 is 4.79 Å². The number of rotatable bonds is 1. The molecule has 1 heterocycles. The lowest BCUT2D eigenvalue weighted by Crippen LogP contribution is -2.03. The van der Waals surface area contributed by atoms with E-state index >= 15 is 0 Å². The molecule has 17 heavy (non-hydrogen) atoms. The smallest absolute Gasteiger partial charge is 0.228 e. The molecule has 84 valence electrons. The molecule has 0 spiro atoms. The zero-order valence-electron chi connectivity index (χ0n) is 9.66. The van der Waals surface area contributed by atoms with Gasteiger partial charge in [0.1, 0.15) is 0 Å². The van der Waals surface area contributed by atoms with Crippen molar-refractivity contribution in [1.82, 2.24) is 0 Å². The Kier molecular flexibility index (Phi) is 2.22. The van der Waals surface area contributed by atoms with Gasteiger partial charge >= 0.3 is 0 Å². The van der Waals surface area contributed by atoms with Gasteiger partial charge in [-0.15, -0.1) is 0 Å². The first kappa shape index (κ1) is 10.1. The summed E-state index contributed by atoms with van der Waals surface area (Å²) in [4.78, 5) is 11.4. The minimum Gasteiger partial charge on any atom is -0.326 e. The number of hydrogen-bond donors (Lipinski definition) is 1. The van der Waals surface area contributed by atoms with Gasteiger partial charge in [0.2, 0.25) is 5.91 Å². The van der Waals surface area contributed by atoms with Gasteiger partial charge < -0.3 is 5.32 Å². The molecule has 2 aromatic carbocycles. The van der Waals surface area contributed by atoms with Crippen LogP contribution in [0.2, 0.25) is 0 Å². The van der Waals surface area contributed by atoms with Crippen LogP contribution < -0.4 is 5.32 Å². The van der Waals surface area contributed by atoms with Gasteiger partial charge in [0.25, 0.3) is 0 Å². The Morgan fingerprint density at radius 2 is 1.82 bits per heavy atom. The summed E-state index contributed by atoms with van der Waals surface area (Å²) in [6.45, 7) is 2.06. The van der Waals surface area contributed by atoms with Crippen LogP contribution in [-0.2, 0) is 11.2 Å². The second-order valence-electron chi connectivity index (χ2n) is 4.41. The molecule has 0 saturated carbocycles. The zero-order valence-corrected chi connectivity index (χ0v) is 9.66. The molecule has 1 aliphatic rings. The van der Waals surface area contributed by atoms with E-state index in [4.69, 9.17) is 0 Å². The van der Waals surface area contributed by atoms with E-state index in [2.05, 4.69) is 36.5 Å². The Morgan fingerprint density at radius 1 is 1.06 bits per heavy atom. The maximum Gasteiger partial charge on any atom is 0.228 e. The molecule has 0 aliphatic carbocycles. The van der Waals surface area contributed by atoms with Crippen LogP contribution in [-0.4, -0.2) is 5.91 Å². The number of benzene rings is 2. The SMILES string of the molecule is Cc1cc(-c2ccccc2)cc2c1CC(=O)N2. The predicted molar refractivity (Wildman–Crippen MR) is 68.9 cm³/mol. The fourth-order valence-corrected chi connectivity index (χ4v) is 2.32. The molecule has 2 nitrogen and oxygen atoms in total. The van der Waals surface area contributed by atoms with E-state index in [9.17, 15) is 4.79 Å². The number of anilines is 1. The van der Waals surface area contributed by atoms with Crippen LogP contribution in [0.1, 0.15) is 11.1 Å². The number of aryl methyl sites for hydroxylation is 1. The summed E-state index contributed by atoms with van der Waals surface area (Å²) in [5.41, 5.74) is 5.62. The highest BCUT2D eigenvalue weighted by atomic mass is 16.1. The summed E-state index contributed by atoms with van der Waals surface area (Å²) in [5.74, 6) is 0.0910. The lowest BCUT2D eigenvalue weighted by molar-refractivity contribution is -0.115. The van der Waals surface area contributed by atoms with E-state index in [-0.39, 0.29) is 5.91 Å². The first-order chi connectivity index (χ1) is 8.24. The normalized spacial score (nSPS) is 13.4. The minimum atomic E-state index is 0.0910. The maximum atomic E-state index is 11.4. The number of hydrogen-bond acceptors (Lipinski definition) is 1. The van der Waals surface area contributed by atoms with Gasteiger partial charge in [-0.3, -0.25) is 4.79 Å². The van der Waals surface area contributed by atoms with Crippen molar-refractivity contribution >= 4 is 11.6 Å². The van der Waals surface area contributed by atoms with E-state index in [1.54, 1.807) is 0 Å². The molecule has 2 heteroatoms. The molecular weight excluding hydrogens is 210 g/mol. The summed E-state index contributed by atoms with van der Waals surface area (Å²) in [5, 5.41) is 2.91. The average molecular weight is 223 g/mol. The first-order valence-electron chi connectivity index (χ1n) is 5.73. The molecule has 0 atom stereocenters. The number of fused-ring (bicyclic) bond motifs is 1. The first-order valence-corrected chi connectivity index (χ1v) is 5.73. The molecule has 0 aromatic heterocycles. The number of carbonyl (C=O) groups is 1. The molecule has 0 radical (unpaired) electrons. The molecule has 1 aliphatic heterocycles. The highest BCUT2D eigenvalue weighted by Gasteiger charge is 2.20. The number of nitrogens with one attached hydrogen (secondary N) is 1.